The molecule has 0 amide bonds. The van der Waals surface area contributed by atoms with E-state index in [0.717, 1.165) is 4.90 Å². The largest absolute Gasteiger partial charge is 0.0616 e. The Morgan fingerprint density at radius 1 is 1.50 bits per heavy atom. The molecule has 0 saturated heterocycles. The first-order chi connectivity index (χ1) is 3.93. The highest BCUT2D eigenvalue weighted by Gasteiger charge is 1.83. The van der Waals surface area contributed by atoms with Crippen LogP contribution in [0.2, 0.25) is 0 Å². The van der Waals surface area contributed by atoms with Crippen molar-refractivity contribution in [2.75, 3.05) is 0 Å². The van der Waals surface area contributed by atoms with Crippen LogP contribution < -0.4 is 0 Å². The van der Waals surface area contributed by atoms with E-state index in [0.29, 0.717) is 0 Å². The van der Waals surface area contributed by atoms with Gasteiger partial charge >= 0.3 is 0 Å². The topological polar surface area (TPSA) is 0 Å². The third-order valence-corrected chi connectivity index (χ3v) is 2.23. The molecule has 0 heterocycles. The lowest BCUT2D eigenvalue weighted by atomic mass is 10.4. The molecule has 41 valence electrons. The first-order valence-electron chi connectivity index (χ1n) is 2.19. The molecule has 0 spiro atoms. The van der Waals surface area contributed by atoms with Crippen LogP contribution in [0.3, 0.4) is 0 Å². The molecule has 1 rings (SSSR count). The fourth-order valence-corrected chi connectivity index (χ4v) is 1.27. The lowest BCUT2D eigenvalue weighted by molar-refractivity contribution is 1.46. The first kappa shape index (κ1) is 6.17. The second kappa shape index (κ2) is 3.15. The van der Waals surface area contributed by atoms with E-state index in [9.17, 15) is 0 Å². The van der Waals surface area contributed by atoms with E-state index in [-0.39, 0.29) is 0 Å². The van der Waals surface area contributed by atoms with Gasteiger partial charge in [-0.3, -0.25) is 0 Å². The molecule has 0 nitrogen and oxygen atoms in total. The Kier molecular flexibility index (Phi) is 2.43. The molecular weight excluding hydrogens is 184 g/mol. The van der Waals surface area contributed by atoms with Gasteiger partial charge in [-0.15, -0.1) is 0 Å². The molecule has 0 aromatic heterocycles. The van der Waals surface area contributed by atoms with Crippen molar-refractivity contribution in [1.82, 2.24) is 0 Å². The quantitative estimate of drug-likeness (QED) is 0.652. The van der Waals surface area contributed by atoms with Crippen LogP contribution in [0.5, 0.6) is 0 Å². The van der Waals surface area contributed by atoms with E-state index in [1.165, 1.54) is 10.2 Å². The zero-order chi connectivity index (χ0) is 5.82. The van der Waals surface area contributed by atoms with Gasteiger partial charge in [0.25, 0.3) is 0 Å². The van der Waals surface area contributed by atoms with Crippen LogP contribution in [0.4, 0.5) is 0 Å². The van der Waals surface area contributed by atoms with E-state index in [2.05, 4.69) is 20.9 Å². The van der Waals surface area contributed by atoms with E-state index >= 15 is 0 Å². The minimum absolute atomic E-state index is 1.12. The molecule has 0 aliphatic heterocycles. The van der Waals surface area contributed by atoms with Crippen molar-refractivity contribution in [3.63, 3.8) is 0 Å². The van der Waals surface area contributed by atoms with Gasteiger partial charge in [-0.2, -0.15) is 0 Å². The summed E-state index contributed by atoms with van der Waals surface area (Å²) in [4.78, 5) is 1.12. The SMILES string of the molecule is BrSc1[c]cccc1. The van der Waals surface area contributed by atoms with Crippen LogP contribution in [0.15, 0.2) is 29.2 Å². The molecule has 0 bridgehead atoms. The highest BCUT2D eigenvalue weighted by Crippen LogP contribution is 2.22. The smallest absolute Gasteiger partial charge is 0.0267 e. The van der Waals surface area contributed by atoms with Crippen LogP contribution in [-0.4, -0.2) is 0 Å². The maximum atomic E-state index is 3.24. The van der Waals surface area contributed by atoms with E-state index < -0.39 is 0 Å². The molecule has 0 fully saturated rings. The number of halogens is 1. The normalized spacial score (nSPS) is 9.12. The molecule has 0 saturated carbocycles. The van der Waals surface area contributed by atoms with Gasteiger partial charge in [0.05, 0.1) is 0 Å². The van der Waals surface area contributed by atoms with Gasteiger partial charge < -0.3 is 0 Å². The predicted molar refractivity (Wildman–Crippen MR) is 40.1 cm³/mol. The van der Waals surface area contributed by atoms with Gasteiger partial charge in [-0.05, 0) is 37.1 Å². The standard InChI is InChI=1S/C6H4BrS/c7-8-6-4-2-1-3-5-6/h1-4H. The van der Waals surface area contributed by atoms with Gasteiger partial charge in [0, 0.05) is 4.90 Å². The zero-order valence-electron chi connectivity index (χ0n) is 4.10. The Morgan fingerprint density at radius 2 is 2.38 bits per heavy atom. The highest BCUT2D eigenvalue weighted by molar-refractivity contribution is 9.50. The monoisotopic (exact) mass is 187 g/mol. The summed E-state index contributed by atoms with van der Waals surface area (Å²) in [5.41, 5.74) is 0. The molecular formula is C6H4BrS. The summed E-state index contributed by atoms with van der Waals surface area (Å²) in [5.74, 6) is 0. The summed E-state index contributed by atoms with van der Waals surface area (Å²) in [6.45, 7) is 0. The molecule has 1 aromatic carbocycles. The maximum Gasteiger partial charge on any atom is 0.0267 e. The third-order valence-electron chi connectivity index (χ3n) is 0.764. The van der Waals surface area contributed by atoms with Gasteiger partial charge in [-0.1, -0.05) is 18.2 Å². The molecule has 8 heavy (non-hydrogen) atoms. The summed E-state index contributed by atoms with van der Waals surface area (Å²) in [5, 5.41) is 0. The lowest BCUT2D eigenvalue weighted by Crippen LogP contribution is -1.60. The van der Waals surface area contributed by atoms with Crippen molar-refractivity contribution in [3.8, 4) is 0 Å². The van der Waals surface area contributed by atoms with Crippen LogP contribution in [0.25, 0.3) is 0 Å². The van der Waals surface area contributed by atoms with Gasteiger partial charge in [-0.25, -0.2) is 0 Å². The number of rotatable bonds is 1. The van der Waals surface area contributed by atoms with Crippen molar-refractivity contribution in [1.29, 1.82) is 0 Å². The molecule has 0 atom stereocenters. The predicted octanol–water partition coefficient (Wildman–Crippen LogP) is 2.89. The van der Waals surface area contributed by atoms with Crippen molar-refractivity contribution >= 4 is 25.0 Å². The average Bonchev–Trinajstić information content (AvgIpc) is 1.90. The van der Waals surface area contributed by atoms with Crippen molar-refractivity contribution in [2.24, 2.45) is 0 Å². The summed E-state index contributed by atoms with van der Waals surface area (Å²) in [7, 11) is 1.53. The average molecular weight is 188 g/mol. The van der Waals surface area contributed by atoms with Gasteiger partial charge in [0.2, 0.25) is 0 Å². The zero-order valence-corrected chi connectivity index (χ0v) is 6.50. The Labute approximate surface area is 60.5 Å². The number of benzene rings is 1. The number of hydrogen-bond acceptors (Lipinski definition) is 1. The second-order valence-electron chi connectivity index (χ2n) is 1.30. The number of hydrogen-bond donors (Lipinski definition) is 0. The summed E-state index contributed by atoms with van der Waals surface area (Å²) in [6, 6.07) is 10.9. The maximum absolute atomic E-state index is 3.24. The molecule has 0 aliphatic carbocycles. The van der Waals surface area contributed by atoms with Crippen LogP contribution in [-0.2, 0) is 0 Å². The Morgan fingerprint density at radius 3 is 2.75 bits per heavy atom. The van der Waals surface area contributed by atoms with E-state index in [4.69, 9.17) is 0 Å². The molecule has 1 radical (unpaired) electrons. The molecule has 0 unspecified atom stereocenters. The third kappa shape index (κ3) is 1.53. The Balaban J connectivity index is 2.83. The molecule has 0 aliphatic rings. The summed E-state index contributed by atoms with van der Waals surface area (Å²) >= 11 is 3.24. The van der Waals surface area contributed by atoms with Crippen molar-refractivity contribution in [3.05, 3.63) is 30.3 Å². The van der Waals surface area contributed by atoms with E-state index in [1.807, 2.05) is 24.3 Å². The van der Waals surface area contributed by atoms with Crippen molar-refractivity contribution in [2.45, 2.75) is 4.90 Å². The van der Waals surface area contributed by atoms with Crippen molar-refractivity contribution < 1.29 is 0 Å². The first-order valence-corrected chi connectivity index (χ1v) is 4.85. The lowest BCUT2D eigenvalue weighted by Gasteiger charge is -1.86. The van der Waals surface area contributed by atoms with Gasteiger partial charge in [0.15, 0.2) is 0 Å². The van der Waals surface area contributed by atoms with Gasteiger partial charge in [0.1, 0.15) is 0 Å². The summed E-state index contributed by atoms with van der Waals surface area (Å²) < 4.78 is 0. The van der Waals surface area contributed by atoms with Crippen LogP contribution >= 0.6 is 25.0 Å². The summed E-state index contributed by atoms with van der Waals surface area (Å²) in [6.07, 6.45) is 0. The Hall–Kier alpha value is 0.0500. The molecule has 0 N–H and O–H groups in total. The van der Waals surface area contributed by atoms with Crippen LogP contribution in [0, 0.1) is 6.07 Å². The minimum atomic E-state index is 1.12. The molecule has 1 aromatic rings. The second-order valence-corrected chi connectivity index (χ2v) is 2.87. The Bertz CT molecular complexity index is 150. The fourth-order valence-electron chi connectivity index (χ4n) is 0.425. The van der Waals surface area contributed by atoms with E-state index in [1.54, 1.807) is 0 Å². The fraction of sp³-hybridized carbons (Fsp3) is 0. The molecule has 2 heteroatoms. The highest BCUT2D eigenvalue weighted by atomic mass is 79.9. The van der Waals surface area contributed by atoms with Crippen LogP contribution in [0.1, 0.15) is 0 Å². The minimum Gasteiger partial charge on any atom is -0.0616 e.